The summed E-state index contributed by atoms with van der Waals surface area (Å²) < 4.78 is 10.7. The van der Waals surface area contributed by atoms with Gasteiger partial charge in [0.25, 0.3) is 11.1 Å². The lowest BCUT2D eigenvalue weighted by Gasteiger charge is -2.15. The second-order valence-electron chi connectivity index (χ2n) is 5.64. The lowest BCUT2D eigenvalue weighted by Crippen LogP contribution is -2.39. The highest BCUT2D eigenvalue weighted by molar-refractivity contribution is 7.99. The Morgan fingerprint density at radius 2 is 2.21 bits per heavy atom. The number of rotatable bonds is 7. The minimum Gasteiger partial charge on any atom is -0.469 e. The summed E-state index contributed by atoms with van der Waals surface area (Å²) in [5.74, 6) is 0.860. The molecule has 0 unspecified atom stereocenters. The summed E-state index contributed by atoms with van der Waals surface area (Å²) in [5, 5.41) is 11.0. The molecule has 24 heavy (non-hydrogen) atoms. The molecule has 0 saturated heterocycles. The van der Waals surface area contributed by atoms with Crippen molar-refractivity contribution in [3.63, 3.8) is 0 Å². The van der Waals surface area contributed by atoms with Gasteiger partial charge in [-0.25, -0.2) is 0 Å². The first-order chi connectivity index (χ1) is 11.5. The van der Waals surface area contributed by atoms with Crippen molar-refractivity contribution in [2.75, 3.05) is 19.3 Å². The molecule has 9 heteroatoms. The van der Waals surface area contributed by atoms with Crippen molar-refractivity contribution >= 4 is 23.6 Å². The van der Waals surface area contributed by atoms with Crippen molar-refractivity contribution in [3.05, 3.63) is 18.1 Å². The SMILES string of the molecule is Cc1occc1-c1nnc(SCC(=O)N(C)CC(=O)NC2CC2)o1. The lowest BCUT2D eigenvalue weighted by molar-refractivity contribution is -0.132. The maximum absolute atomic E-state index is 12.1. The molecule has 1 saturated carbocycles. The van der Waals surface area contributed by atoms with Crippen LogP contribution in [0.4, 0.5) is 0 Å². The third kappa shape index (κ3) is 4.16. The quantitative estimate of drug-likeness (QED) is 0.754. The predicted molar refractivity (Wildman–Crippen MR) is 86.3 cm³/mol. The molecular formula is C15H18N4O4S. The Hall–Kier alpha value is -2.29. The summed E-state index contributed by atoms with van der Waals surface area (Å²) in [4.78, 5) is 25.1. The van der Waals surface area contributed by atoms with Gasteiger partial charge in [0.1, 0.15) is 5.76 Å². The highest BCUT2D eigenvalue weighted by Crippen LogP contribution is 2.26. The van der Waals surface area contributed by atoms with Crippen LogP contribution in [-0.2, 0) is 9.59 Å². The second-order valence-corrected chi connectivity index (χ2v) is 6.57. The molecule has 0 atom stereocenters. The van der Waals surface area contributed by atoms with E-state index in [0.29, 0.717) is 22.9 Å². The number of furan rings is 1. The molecule has 0 aromatic carbocycles. The van der Waals surface area contributed by atoms with E-state index in [1.165, 1.54) is 4.90 Å². The monoisotopic (exact) mass is 350 g/mol. The third-order valence-electron chi connectivity index (χ3n) is 3.56. The van der Waals surface area contributed by atoms with Crippen LogP contribution in [0.5, 0.6) is 0 Å². The largest absolute Gasteiger partial charge is 0.469 e. The van der Waals surface area contributed by atoms with Gasteiger partial charge in [0, 0.05) is 13.1 Å². The van der Waals surface area contributed by atoms with Crippen LogP contribution in [0, 0.1) is 6.92 Å². The van der Waals surface area contributed by atoms with E-state index in [2.05, 4.69) is 15.5 Å². The molecule has 1 fully saturated rings. The molecule has 2 heterocycles. The van der Waals surface area contributed by atoms with Gasteiger partial charge in [-0.2, -0.15) is 0 Å². The van der Waals surface area contributed by atoms with Gasteiger partial charge in [-0.1, -0.05) is 11.8 Å². The standard InChI is InChI=1S/C15H18N4O4S/c1-9-11(5-6-22-9)14-17-18-15(23-14)24-8-13(21)19(2)7-12(20)16-10-3-4-10/h5-6,10H,3-4,7-8H2,1-2H3,(H,16,20). The van der Waals surface area contributed by atoms with Crippen molar-refractivity contribution in [1.82, 2.24) is 20.4 Å². The minimum absolute atomic E-state index is 0.0548. The second kappa shape index (κ2) is 7.08. The fourth-order valence-electron chi connectivity index (χ4n) is 2.02. The number of aromatic nitrogens is 2. The van der Waals surface area contributed by atoms with Crippen LogP contribution >= 0.6 is 11.8 Å². The number of carbonyl (C=O) groups excluding carboxylic acids is 2. The molecule has 2 amide bonds. The number of nitrogens with one attached hydrogen (secondary N) is 1. The number of hydrogen-bond acceptors (Lipinski definition) is 7. The third-order valence-corrected chi connectivity index (χ3v) is 4.37. The topological polar surface area (TPSA) is 101 Å². The molecule has 1 N–H and O–H groups in total. The first-order valence-corrected chi connectivity index (χ1v) is 8.55. The van der Waals surface area contributed by atoms with Crippen molar-refractivity contribution in [3.8, 4) is 11.5 Å². The molecule has 3 rings (SSSR count). The van der Waals surface area contributed by atoms with Crippen LogP contribution in [0.25, 0.3) is 11.5 Å². The fraction of sp³-hybridized carbons (Fsp3) is 0.467. The van der Waals surface area contributed by atoms with Crippen molar-refractivity contribution in [2.45, 2.75) is 31.0 Å². The lowest BCUT2D eigenvalue weighted by atomic mass is 10.3. The normalized spacial score (nSPS) is 13.8. The van der Waals surface area contributed by atoms with E-state index in [1.807, 2.05) is 0 Å². The van der Waals surface area contributed by atoms with Gasteiger partial charge >= 0.3 is 0 Å². The summed E-state index contributed by atoms with van der Waals surface area (Å²) in [6.45, 7) is 1.86. The van der Waals surface area contributed by atoms with Gasteiger partial charge in [-0.05, 0) is 25.8 Å². The number of thioether (sulfide) groups is 1. The van der Waals surface area contributed by atoms with E-state index in [4.69, 9.17) is 8.83 Å². The van der Waals surface area contributed by atoms with E-state index in [-0.39, 0.29) is 24.1 Å². The zero-order chi connectivity index (χ0) is 17.1. The van der Waals surface area contributed by atoms with Crippen molar-refractivity contribution < 1.29 is 18.4 Å². The van der Waals surface area contributed by atoms with Crippen LogP contribution in [0.1, 0.15) is 18.6 Å². The van der Waals surface area contributed by atoms with Crippen LogP contribution in [0.2, 0.25) is 0 Å². The smallest absolute Gasteiger partial charge is 0.277 e. The predicted octanol–water partition coefficient (Wildman–Crippen LogP) is 1.47. The zero-order valence-corrected chi connectivity index (χ0v) is 14.3. The Labute approximate surface area is 143 Å². The zero-order valence-electron chi connectivity index (χ0n) is 13.4. The molecule has 1 aliphatic rings. The summed E-state index contributed by atoms with van der Waals surface area (Å²) in [6, 6.07) is 2.04. The van der Waals surface area contributed by atoms with Gasteiger partial charge in [-0.15, -0.1) is 10.2 Å². The van der Waals surface area contributed by atoms with Crippen molar-refractivity contribution in [1.29, 1.82) is 0 Å². The van der Waals surface area contributed by atoms with E-state index in [0.717, 1.165) is 30.2 Å². The first kappa shape index (κ1) is 16.6. The molecule has 8 nitrogen and oxygen atoms in total. The fourth-order valence-corrected chi connectivity index (χ4v) is 2.73. The molecule has 128 valence electrons. The van der Waals surface area contributed by atoms with Gasteiger partial charge < -0.3 is 19.1 Å². The molecule has 2 aromatic rings. The van der Waals surface area contributed by atoms with E-state index < -0.39 is 0 Å². The maximum atomic E-state index is 12.1. The summed E-state index contributed by atoms with van der Waals surface area (Å²) in [5.41, 5.74) is 0.731. The average molecular weight is 350 g/mol. The summed E-state index contributed by atoms with van der Waals surface area (Å²) in [6.07, 6.45) is 3.59. The highest BCUT2D eigenvalue weighted by Gasteiger charge is 2.24. The molecule has 2 aromatic heterocycles. The number of amides is 2. The first-order valence-electron chi connectivity index (χ1n) is 7.57. The van der Waals surface area contributed by atoms with Gasteiger partial charge in [-0.3, -0.25) is 9.59 Å². The Kier molecular flexibility index (Phi) is 4.89. The van der Waals surface area contributed by atoms with Crippen LogP contribution < -0.4 is 5.32 Å². The number of hydrogen-bond donors (Lipinski definition) is 1. The molecule has 0 bridgehead atoms. The van der Waals surface area contributed by atoms with Gasteiger partial charge in [0.15, 0.2) is 0 Å². The maximum Gasteiger partial charge on any atom is 0.277 e. The van der Waals surface area contributed by atoms with Crippen molar-refractivity contribution in [2.24, 2.45) is 0 Å². The molecular weight excluding hydrogens is 332 g/mol. The molecule has 0 aliphatic heterocycles. The Morgan fingerprint density at radius 3 is 2.88 bits per heavy atom. The van der Waals surface area contributed by atoms with Crippen LogP contribution in [0.15, 0.2) is 26.4 Å². The summed E-state index contributed by atoms with van der Waals surface area (Å²) in [7, 11) is 1.60. The summed E-state index contributed by atoms with van der Waals surface area (Å²) >= 11 is 1.14. The van der Waals surface area contributed by atoms with Gasteiger partial charge in [0.05, 0.1) is 24.1 Å². The Balaban J connectivity index is 1.48. The minimum atomic E-state index is -0.176. The number of likely N-dealkylation sites (N-methyl/N-ethyl adjacent to an activating group) is 1. The van der Waals surface area contributed by atoms with E-state index in [1.54, 1.807) is 26.3 Å². The number of carbonyl (C=O) groups is 2. The Morgan fingerprint density at radius 1 is 1.42 bits per heavy atom. The van der Waals surface area contributed by atoms with Crippen LogP contribution in [0.3, 0.4) is 0 Å². The molecule has 0 spiro atoms. The number of nitrogens with zero attached hydrogens (tertiary/aromatic N) is 3. The average Bonchev–Trinajstić information content (AvgIpc) is 3.06. The highest BCUT2D eigenvalue weighted by atomic mass is 32.2. The molecule has 0 radical (unpaired) electrons. The van der Waals surface area contributed by atoms with Gasteiger partial charge in [0.2, 0.25) is 11.8 Å². The van der Waals surface area contributed by atoms with E-state index >= 15 is 0 Å². The Bertz CT molecular complexity index is 737. The number of aryl methyl sites for hydroxylation is 1. The van der Waals surface area contributed by atoms with E-state index in [9.17, 15) is 9.59 Å². The molecule has 1 aliphatic carbocycles. The van der Waals surface area contributed by atoms with Crippen LogP contribution in [-0.4, -0.2) is 52.3 Å².